The molecule has 2 atom stereocenters. The van der Waals surface area contributed by atoms with Gasteiger partial charge in [-0.05, 0) is 95.7 Å². The van der Waals surface area contributed by atoms with Crippen molar-refractivity contribution in [1.29, 1.82) is 0 Å². The molecule has 0 aromatic carbocycles. The molecule has 0 spiro atoms. The van der Waals surface area contributed by atoms with Crippen molar-refractivity contribution < 1.29 is 18.9 Å². The molecule has 264 valence electrons. The Morgan fingerprint density at radius 3 is 0.773 bits per heavy atom. The van der Waals surface area contributed by atoms with Crippen molar-refractivity contribution in [2.45, 2.75) is 149 Å². The summed E-state index contributed by atoms with van der Waals surface area (Å²) in [5.41, 5.74) is 2.47. The molecule has 44 heavy (non-hydrogen) atoms. The molecule has 4 heterocycles. The topological polar surface area (TPSA) is 36.9 Å². The lowest BCUT2D eigenvalue weighted by atomic mass is 9.76. The van der Waals surface area contributed by atoms with Gasteiger partial charge in [-0.1, -0.05) is 104 Å². The van der Waals surface area contributed by atoms with Gasteiger partial charge in [-0.3, -0.25) is 0 Å². The fourth-order valence-corrected chi connectivity index (χ4v) is 5.89. The number of hydrogen-bond acceptors (Lipinski definition) is 4. The summed E-state index contributed by atoms with van der Waals surface area (Å²) in [6.07, 6.45) is 9.31. The Hall–Kier alpha value is -0.160. The average Bonchev–Trinajstić information content (AvgIpc) is 3.58. The summed E-state index contributed by atoms with van der Waals surface area (Å²) in [6.45, 7) is 42.3. The lowest BCUT2D eigenvalue weighted by molar-refractivity contribution is -0.0821. The van der Waals surface area contributed by atoms with Crippen molar-refractivity contribution in [1.82, 2.24) is 0 Å². The van der Waals surface area contributed by atoms with Gasteiger partial charge in [-0.25, -0.2) is 0 Å². The van der Waals surface area contributed by atoms with Crippen LogP contribution < -0.4 is 0 Å². The van der Waals surface area contributed by atoms with Gasteiger partial charge in [0.05, 0.1) is 13.2 Å². The highest BCUT2D eigenvalue weighted by Gasteiger charge is 2.33. The summed E-state index contributed by atoms with van der Waals surface area (Å²) in [7, 11) is 0. The zero-order valence-corrected chi connectivity index (χ0v) is 32.6. The van der Waals surface area contributed by atoms with Crippen LogP contribution in [0.4, 0.5) is 0 Å². The van der Waals surface area contributed by atoms with Crippen molar-refractivity contribution in [3.8, 4) is 0 Å². The van der Waals surface area contributed by atoms with Gasteiger partial charge in [-0.15, -0.1) is 0 Å². The van der Waals surface area contributed by atoms with Crippen LogP contribution in [0.15, 0.2) is 0 Å². The van der Waals surface area contributed by atoms with Gasteiger partial charge in [-0.2, -0.15) is 0 Å². The standard InChI is InChI=1S/2C9H18O.C8H16O.C7H14O.C7H14/c1-9(2,3)8-4-6-10-7-5-8;1-9(2,3)8-5-4-6-10-7-8;1-8(2,3)7-4-5-9-6-7;1-7(2,3)6-4-8-5-6;1-7(2,3)6-4-5-6/h2*8H,4-7H2,1-3H3;7H,4-6H2,1-3H3;6H,4-5H2,1-3H3;6H,4-5H2,1-3H3. The maximum atomic E-state index is 5.41. The monoisotopic (exact) mass is 625 g/mol. The van der Waals surface area contributed by atoms with E-state index in [0.717, 1.165) is 82.4 Å². The van der Waals surface area contributed by atoms with Crippen molar-refractivity contribution >= 4 is 0 Å². The number of ether oxygens (including phenoxy) is 4. The Kier molecular flexibility index (Phi) is 17.5. The van der Waals surface area contributed by atoms with Crippen LogP contribution >= 0.6 is 0 Å². The van der Waals surface area contributed by atoms with E-state index in [4.69, 9.17) is 18.9 Å². The minimum absolute atomic E-state index is 0.445. The molecule has 0 amide bonds. The highest BCUT2D eigenvalue weighted by molar-refractivity contribution is 4.84. The summed E-state index contributed by atoms with van der Waals surface area (Å²) in [4.78, 5) is 0. The first-order valence-electron chi connectivity index (χ1n) is 18.3. The number of hydrogen-bond donors (Lipinski definition) is 0. The predicted molar refractivity (Wildman–Crippen MR) is 190 cm³/mol. The van der Waals surface area contributed by atoms with Gasteiger partial charge < -0.3 is 18.9 Å². The Labute approximate surface area is 276 Å². The first kappa shape index (κ1) is 41.9. The summed E-state index contributed by atoms with van der Waals surface area (Å²) in [5, 5.41) is 0. The largest absolute Gasteiger partial charge is 0.381 e. The second-order valence-corrected chi connectivity index (χ2v) is 19.7. The first-order valence-corrected chi connectivity index (χ1v) is 18.3. The highest BCUT2D eigenvalue weighted by atomic mass is 16.5. The maximum absolute atomic E-state index is 5.41. The molecular weight excluding hydrogens is 544 g/mol. The molecule has 5 rings (SSSR count). The summed E-state index contributed by atoms with van der Waals surface area (Å²) in [6, 6.07) is 0. The highest BCUT2D eigenvalue weighted by Crippen LogP contribution is 2.44. The van der Waals surface area contributed by atoms with Crippen LogP contribution in [0.2, 0.25) is 0 Å². The van der Waals surface area contributed by atoms with Crippen LogP contribution in [-0.4, -0.2) is 52.9 Å². The first-order chi connectivity index (χ1) is 20.0. The molecule has 4 aliphatic heterocycles. The fraction of sp³-hybridized carbons (Fsp3) is 1.00. The molecule has 0 aromatic rings. The summed E-state index contributed by atoms with van der Waals surface area (Å²) >= 11 is 0. The Morgan fingerprint density at radius 1 is 0.295 bits per heavy atom. The summed E-state index contributed by atoms with van der Waals surface area (Å²) in [5.74, 6) is 4.30. The number of rotatable bonds is 0. The predicted octanol–water partition coefficient (Wildman–Crippen LogP) is 11.1. The Balaban J connectivity index is 0.000000276. The maximum Gasteiger partial charge on any atom is 0.0521 e. The van der Waals surface area contributed by atoms with Crippen LogP contribution in [0.5, 0.6) is 0 Å². The fourth-order valence-electron chi connectivity index (χ4n) is 5.89. The molecule has 0 aromatic heterocycles. The molecule has 0 N–H and O–H groups in total. The van der Waals surface area contributed by atoms with E-state index in [1.165, 1.54) is 44.9 Å². The van der Waals surface area contributed by atoms with Gasteiger partial charge in [0.2, 0.25) is 0 Å². The van der Waals surface area contributed by atoms with Crippen LogP contribution in [0.1, 0.15) is 149 Å². The zero-order chi connectivity index (χ0) is 33.8. The molecule has 5 aliphatic rings. The van der Waals surface area contributed by atoms with Gasteiger partial charge in [0, 0.05) is 45.6 Å². The quantitative estimate of drug-likeness (QED) is 0.269. The van der Waals surface area contributed by atoms with E-state index >= 15 is 0 Å². The van der Waals surface area contributed by atoms with E-state index in [2.05, 4.69) is 104 Å². The molecule has 1 saturated carbocycles. The normalized spacial score (nSPS) is 25.4. The van der Waals surface area contributed by atoms with Crippen LogP contribution in [0.3, 0.4) is 0 Å². The van der Waals surface area contributed by atoms with E-state index < -0.39 is 0 Å². The lowest BCUT2D eigenvalue weighted by Crippen LogP contribution is -2.37. The second-order valence-electron chi connectivity index (χ2n) is 19.7. The zero-order valence-electron chi connectivity index (χ0n) is 32.6. The molecule has 5 fully saturated rings. The van der Waals surface area contributed by atoms with Gasteiger partial charge in [0.1, 0.15) is 0 Å². The minimum Gasteiger partial charge on any atom is -0.381 e. The van der Waals surface area contributed by atoms with Crippen molar-refractivity contribution in [3.63, 3.8) is 0 Å². The van der Waals surface area contributed by atoms with Crippen molar-refractivity contribution in [2.24, 2.45) is 56.7 Å². The SMILES string of the molecule is CC(C)(C)C1CC1.CC(C)(C)C1CCCOC1.CC(C)(C)C1CCOC1.CC(C)(C)C1CCOCC1.CC(C)(C)C1COC1. The smallest absolute Gasteiger partial charge is 0.0521 e. The molecule has 4 nitrogen and oxygen atoms in total. The second kappa shape index (κ2) is 18.4. The van der Waals surface area contributed by atoms with E-state index in [0.29, 0.717) is 27.1 Å². The Morgan fingerprint density at radius 2 is 0.614 bits per heavy atom. The molecular formula is C40H80O4. The van der Waals surface area contributed by atoms with Gasteiger partial charge >= 0.3 is 0 Å². The van der Waals surface area contributed by atoms with Gasteiger partial charge in [0.15, 0.2) is 0 Å². The van der Waals surface area contributed by atoms with E-state index in [-0.39, 0.29) is 0 Å². The Bertz CT molecular complexity index is 686. The molecule has 4 heteroatoms. The third-order valence-corrected chi connectivity index (χ3v) is 10.7. The molecule has 4 saturated heterocycles. The van der Waals surface area contributed by atoms with E-state index in [9.17, 15) is 0 Å². The third-order valence-electron chi connectivity index (χ3n) is 10.7. The third kappa shape index (κ3) is 18.2. The average molecular weight is 625 g/mol. The molecule has 2 unspecified atom stereocenters. The summed E-state index contributed by atoms with van der Waals surface area (Å²) < 4.78 is 21.0. The van der Waals surface area contributed by atoms with E-state index in [1.54, 1.807) is 0 Å². The lowest BCUT2D eigenvalue weighted by Gasteiger charge is -2.37. The van der Waals surface area contributed by atoms with Crippen LogP contribution in [0.25, 0.3) is 0 Å². The van der Waals surface area contributed by atoms with Crippen LogP contribution in [-0.2, 0) is 18.9 Å². The van der Waals surface area contributed by atoms with Gasteiger partial charge in [0.25, 0.3) is 0 Å². The molecule has 0 bridgehead atoms. The van der Waals surface area contributed by atoms with Crippen molar-refractivity contribution in [3.05, 3.63) is 0 Å². The van der Waals surface area contributed by atoms with Crippen molar-refractivity contribution in [2.75, 3.05) is 52.9 Å². The molecule has 1 aliphatic carbocycles. The minimum atomic E-state index is 0.445. The van der Waals surface area contributed by atoms with E-state index in [1.807, 2.05) is 0 Å². The van der Waals surface area contributed by atoms with Crippen LogP contribution in [0, 0.1) is 56.7 Å². The molecule has 0 radical (unpaired) electrons.